The lowest BCUT2D eigenvalue weighted by Crippen LogP contribution is -2.33. The summed E-state index contributed by atoms with van der Waals surface area (Å²) in [4.78, 5) is 16.2. The molecule has 0 radical (unpaired) electrons. The lowest BCUT2D eigenvalue weighted by molar-refractivity contribution is -0.121. The van der Waals surface area contributed by atoms with Gasteiger partial charge in [0, 0.05) is 18.2 Å². The van der Waals surface area contributed by atoms with Crippen LogP contribution in [0, 0.1) is 0 Å². The van der Waals surface area contributed by atoms with Gasteiger partial charge < -0.3 is 16.4 Å². The van der Waals surface area contributed by atoms with E-state index in [0.29, 0.717) is 25.0 Å². The first-order chi connectivity index (χ1) is 11.6. The van der Waals surface area contributed by atoms with Crippen LogP contribution in [0.3, 0.4) is 0 Å². The van der Waals surface area contributed by atoms with Crippen LogP contribution in [0.25, 0.3) is 0 Å². The summed E-state index contributed by atoms with van der Waals surface area (Å²) < 4.78 is 0. The van der Waals surface area contributed by atoms with Crippen molar-refractivity contribution in [1.29, 1.82) is 0 Å². The molecule has 1 aromatic carbocycles. The largest absolute Gasteiger partial charge is 0.370 e. The molecule has 1 aliphatic rings. The van der Waals surface area contributed by atoms with Crippen molar-refractivity contribution in [1.82, 2.24) is 5.32 Å². The molecule has 0 heterocycles. The number of nitrogens with one attached hydrogen (secondary N) is 2. The maximum absolute atomic E-state index is 11.9. The van der Waals surface area contributed by atoms with E-state index in [-0.39, 0.29) is 29.9 Å². The van der Waals surface area contributed by atoms with E-state index in [1.807, 2.05) is 0 Å². The first-order valence-corrected chi connectivity index (χ1v) is 9.11. The lowest BCUT2D eigenvalue weighted by Gasteiger charge is -2.15. The van der Waals surface area contributed by atoms with Gasteiger partial charge >= 0.3 is 0 Å². The zero-order chi connectivity index (χ0) is 17.4. The van der Waals surface area contributed by atoms with E-state index in [0.717, 1.165) is 31.4 Å². The summed E-state index contributed by atoms with van der Waals surface area (Å²) in [5.74, 6) is 0.445. The summed E-state index contributed by atoms with van der Waals surface area (Å²) >= 11 is 0. The molecule has 1 fully saturated rings. The Labute approximate surface area is 168 Å². The molecule has 1 aromatic rings. The van der Waals surface area contributed by atoms with E-state index in [2.05, 4.69) is 47.7 Å². The molecule has 0 aliphatic heterocycles. The van der Waals surface area contributed by atoms with Gasteiger partial charge in [0.2, 0.25) is 5.91 Å². The number of para-hydroxylation sites is 1. The quantitative estimate of drug-likeness (QED) is 0.332. The van der Waals surface area contributed by atoms with E-state index in [1.165, 1.54) is 24.0 Å². The van der Waals surface area contributed by atoms with Crippen molar-refractivity contribution in [2.24, 2.45) is 10.7 Å². The minimum Gasteiger partial charge on any atom is -0.370 e. The number of hydrogen-bond acceptors (Lipinski definition) is 2. The lowest BCUT2D eigenvalue weighted by atomic mass is 10.0. The molecule has 0 unspecified atom stereocenters. The second-order valence-electron chi connectivity index (χ2n) is 6.35. The minimum absolute atomic E-state index is 0. The van der Waals surface area contributed by atoms with Crippen LogP contribution >= 0.6 is 24.0 Å². The number of carbonyl (C=O) groups is 1. The number of aryl methyl sites for hydroxylation is 2. The fraction of sp³-hybridized carbons (Fsp3) is 0.579. The van der Waals surface area contributed by atoms with Gasteiger partial charge in [0.05, 0.1) is 6.54 Å². The van der Waals surface area contributed by atoms with Crippen LogP contribution < -0.4 is 16.4 Å². The zero-order valence-corrected chi connectivity index (χ0v) is 17.6. The number of amides is 1. The highest BCUT2D eigenvalue weighted by Crippen LogP contribution is 2.22. The summed E-state index contributed by atoms with van der Waals surface area (Å²) in [5.41, 5.74) is 9.52. The van der Waals surface area contributed by atoms with Crippen LogP contribution in [-0.4, -0.2) is 24.5 Å². The molecule has 0 spiro atoms. The molecule has 5 nitrogen and oxygen atoms in total. The third kappa shape index (κ3) is 6.84. The van der Waals surface area contributed by atoms with E-state index >= 15 is 0 Å². The monoisotopic (exact) mass is 458 g/mol. The van der Waals surface area contributed by atoms with Gasteiger partial charge in [0.1, 0.15) is 0 Å². The topological polar surface area (TPSA) is 79.5 Å². The van der Waals surface area contributed by atoms with E-state index in [4.69, 9.17) is 5.73 Å². The molecule has 4 N–H and O–H groups in total. The highest BCUT2D eigenvalue weighted by atomic mass is 127. The Balaban J connectivity index is 0.00000312. The normalized spacial score (nSPS) is 14.9. The van der Waals surface area contributed by atoms with Gasteiger partial charge in [-0.25, -0.2) is 0 Å². The summed E-state index contributed by atoms with van der Waals surface area (Å²) in [6.45, 7) is 4.66. The number of benzene rings is 1. The van der Waals surface area contributed by atoms with Gasteiger partial charge in [-0.1, -0.05) is 44.9 Å². The van der Waals surface area contributed by atoms with Crippen LogP contribution in [0.2, 0.25) is 0 Å². The van der Waals surface area contributed by atoms with Gasteiger partial charge in [-0.3, -0.25) is 9.79 Å². The Bertz CT molecular complexity index is 561. The standard InChI is InChI=1S/C19H30N4O.HI/c1-3-14-8-7-9-15(4-2)18(14)23-19(20)21-13-12-17(24)22-16-10-5-6-11-16;/h7-9,16H,3-6,10-13H2,1-2H3,(H,22,24)(H3,20,21,23);1H. The zero-order valence-electron chi connectivity index (χ0n) is 15.3. The summed E-state index contributed by atoms with van der Waals surface area (Å²) in [7, 11) is 0. The summed E-state index contributed by atoms with van der Waals surface area (Å²) in [6.07, 6.45) is 6.90. The van der Waals surface area contributed by atoms with Crippen molar-refractivity contribution in [3.05, 3.63) is 29.3 Å². The van der Waals surface area contributed by atoms with Gasteiger partial charge in [-0.05, 0) is 36.8 Å². The Morgan fingerprint density at radius 1 is 1.20 bits per heavy atom. The number of anilines is 1. The van der Waals surface area contributed by atoms with Crippen LogP contribution in [-0.2, 0) is 17.6 Å². The number of nitrogens with two attached hydrogens (primary N) is 1. The first-order valence-electron chi connectivity index (χ1n) is 9.11. The SMILES string of the molecule is CCc1cccc(CC)c1NC(N)=NCCC(=O)NC1CCCC1.I. The maximum atomic E-state index is 11.9. The Hall–Kier alpha value is -1.31. The van der Waals surface area contributed by atoms with Crippen molar-refractivity contribution in [2.75, 3.05) is 11.9 Å². The number of guanidine groups is 1. The molecule has 140 valence electrons. The van der Waals surface area contributed by atoms with Crippen LogP contribution in [0.15, 0.2) is 23.2 Å². The van der Waals surface area contributed by atoms with Crippen molar-refractivity contribution in [3.8, 4) is 0 Å². The van der Waals surface area contributed by atoms with Crippen molar-refractivity contribution in [3.63, 3.8) is 0 Å². The van der Waals surface area contributed by atoms with E-state index < -0.39 is 0 Å². The number of hydrogen-bond donors (Lipinski definition) is 3. The fourth-order valence-corrected chi connectivity index (χ4v) is 3.22. The summed E-state index contributed by atoms with van der Waals surface area (Å²) in [5, 5.41) is 6.29. The number of halogens is 1. The van der Waals surface area contributed by atoms with E-state index in [9.17, 15) is 4.79 Å². The summed E-state index contributed by atoms with van der Waals surface area (Å²) in [6, 6.07) is 6.64. The minimum atomic E-state index is 0. The van der Waals surface area contributed by atoms with Gasteiger partial charge in [0.25, 0.3) is 0 Å². The predicted octanol–water partition coefficient (Wildman–Crippen LogP) is 3.60. The Morgan fingerprint density at radius 2 is 1.80 bits per heavy atom. The molecular formula is C19H31IN4O. The average Bonchev–Trinajstić information content (AvgIpc) is 3.07. The predicted molar refractivity (Wildman–Crippen MR) is 116 cm³/mol. The number of nitrogens with zero attached hydrogens (tertiary/aromatic N) is 1. The second-order valence-corrected chi connectivity index (χ2v) is 6.35. The molecule has 0 bridgehead atoms. The Kier molecular flexibility index (Phi) is 9.85. The number of aliphatic imine (C=N–C) groups is 1. The molecule has 0 atom stereocenters. The van der Waals surface area contributed by atoms with Crippen molar-refractivity contribution < 1.29 is 4.79 Å². The van der Waals surface area contributed by atoms with Gasteiger partial charge in [-0.2, -0.15) is 0 Å². The first kappa shape index (κ1) is 21.7. The van der Waals surface area contributed by atoms with Gasteiger partial charge in [0.15, 0.2) is 5.96 Å². The molecule has 1 saturated carbocycles. The Morgan fingerprint density at radius 3 is 2.36 bits per heavy atom. The molecule has 1 aliphatic carbocycles. The van der Waals surface area contributed by atoms with Crippen LogP contribution in [0.5, 0.6) is 0 Å². The smallest absolute Gasteiger partial charge is 0.222 e. The molecule has 6 heteroatoms. The third-order valence-electron chi connectivity index (χ3n) is 4.59. The van der Waals surface area contributed by atoms with Crippen molar-refractivity contribution >= 4 is 41.5 Å². The fourth-order valence-electron chi connectivity index (χ4n) is 3.22. The highest BCUT2D eigenvalue weighted by molar-refractivity contribution is 14.0. The van der Waals surface area contributed by atoms with Crippen LogP contribution in [0.4, 0.5) is 5.69 Å². The third-order valence-corrected chi connectivity index (χ3v) is 4.59. The van der Waals surface area contributed by atoms with Crippen LogP contribution in [0.1, 0.15) is 57.1 Å². The molecule has 1 amide bonds. The second kappa shape index (κ2) is 11.3. The highest BCUT2D eigenvalue weighted by Gasteiger charge is 2.16. The average molecular weight is 458 g/mol. The van der Waals surface area contributed by atoms with E-state index in [1.54, 1.807) is 0 Å². The maximum Gasteiger partial charge on any atom is 0.222 e. The van der Waals surface area contributed by atoms with Crippen molar-refractivity contribution in [2.45, 2.75) is 64.8 Å². The molecule has 0 aromatic heterocycles. The molecule has 2 rings (SSSR count). The number of carbonyl (C=O) groups excluding carboxylic acids is 1. The molecule has 0 saturated heterocycles. The molecule has 25 heavy (non-hydrogen) atoms. The molecular weight excluding hydrogens is 427 g/mol. The van der Waals surface area contributed by atoms with Gasteiger partial charge in [-0.15, -0.1) is 24.0 Å². The number of rotatable bonds is 7.